The predicted molar refractivity (Wildman–Crippen MR) is 62.8 cm³/mol. The molecule has 0 saturated heterocycles. The number of carbonyl (C=O) groups is 1. The molecule has 0 aromatic carbocycles. The zero-order valence-corrected chi connectivity index (χ0v) is 9.73. The third-order valence-electron chi connectivity index (χ3n) is 3.62. The lowest BCUT2D eigenvalue weighted by atomic mass is 9.76. The van der Waals surface area contributed by atoms with Crippen LogP contribution in [-0.2, 0) is 14.3 Å². The first kappa shape index (κ1) is 10.4. The van der Waals surface area contributed by atoms with E-state index in [1.54, 1.807) is 12.3 Å². The van der Waals surface area contributed by atoms with Gasteiger partial charge < -0.3 is 9.47 Å². The number of hydrogen-bond donors (Lipinski definition) is 0. The van der Waals surface area contributed by atoms with Crippen molar-refractivity contribution in [3.8, 4) is 0 Å². The molecule has 3 aliphatic rings. The summed E-state index contributed by atoms with van der Waals surface area (Å²) in [5.41, 5.74) is 3.80. The van der Waals surface area contributed by atoms with E-state index in [-0.39, 0.29) is 18.0 Å². The van der Waals surface area contributed by atoms with Gasteiger partial charge >= 0.3 is 5.97 Å². The van der Waals surface area contributed by atoms with Crippen molar-refractivity contribution in [2.45, 2.75) is 25.9 Å². The van der Waals surface area contributed by atoms with E-state index in [0.717, 1.165) is 29.6 Å². The van der Waals surface area contributed by atoms with Crippen LogP contribution in [0, 0.1) is 5.92 Å². The number of ether oxygens (including phenoxy) is 2. The highest BCUT2D eigenvalue weighted by Crippen LogP contribution is 2.44. The van der Waals surface area contributed by atoms with Crippen LogP contribution in [0.3, 0.4) is 0 Å². The van der Waals surface area contributed by atoms with Gasteiger partial charge in [-0.1, -0.05) is 12.2 Å². The summed E-state index contributed by atoms with van der Waals surface area (Å²) in [5.74, 6) is -0.0131. The van der Waals surface area contributed by atoms with Crippen LogP contribution in [0.4, 0.5) is 0 Å². The van der Waals surface area contributed by atoms with Gasteiger partial charge in [0.25, 0.3) is 0 Å². The maximum Gasteiger partial charge on any atom is 0.339 e. The first-order valence-electron chi connectivity index (χ1n) is 5.80. The van der Waals surface area contributed by atoms with Gasteiger partial charge in [0, 0.05) is 11.5 Å². The third-order valence-corrected chi connectivity index (χ3v) is 3.62. The first-order valence-corrected chi connectivity index (χ1v) is 5.80. The van der Waals surface area contributed by atoms with Gasteiger partial charge in [0.1, 0.15) is 6.10 Å². The van der Waals surface area contributed by atoms with Gasteiger partial charge in [-0.3, -0.25) is 0 Å². The summed E-state index contributed by atoms with van der Waals surface area (Å²) in [6, 6.07) is 0. The summed E-state index contributed by atoms with van der Waals surface area (Å²) < 4.78 is 10.7. The lowest BCUT2D eigenvalue weighted by Gasteiger charge is -2.31. The summed E-state index contributed by atoms with van der Waals surface area (Å²) in [6.45, 7) is 5.99. The van der Waals surface area contributed by atoms with Crippen molar-refractivity contribution in [3.05, 3.63) is 47.5 Å². The molecule has 0 aromatic heterocycles. The number of carbonyl (C=O) groups excluding carboxylic acids is 1. The quantitative estimate of drug-likeness (QED) is 0.513. The van der Waals surface area contributed by atoms with E-state index in [9.17, 15) is 4.79 Å². The molecule has 88 valence electrons. The van der Waals surface area contributed by atoms with Gasteiger partial charge in [-0.05, 0) is 31.4 Å². The van der Waals surface area contributed by atoms with Crippen molar-refractivity contribution in [3.63, 3.8) is 0 Å². The van der Waals surface area contributed by atoms with Crippen LogP contribution in [0.5, 0.6) is 0 Å². The van der Waals surface area contributed by atoms with Gasteiger partial charge in [-0.2, -0.15) is 0 Å². The first-order chi connectivity index (χ1) is 8.18. The highest BCUT2D eigenvalue weighted by atomic mass is 16.5. The average molecular weight is 230 g/mol. The Morgan fingerprint density at radius 1 is 1.53 bits per heavy atom. The van der Waals surface area contributed by atoms with Crippen LogP contribution in [0.15, 0.2) is 47.5 Å². The zero-order chi connectivity index (χ0) is 12.0. The largest absolute Gasteiger partial charge is 0.472 e. The molecular weight excluding hydrogens is 216 g/mol. The second-order valence-electron chi connectivity index (χ2n) is 4.73. The monoisotopic (exact) mass is 230 g/mol. The Bertz CT molecular complexity index is 494. The molecule has 1 fully saturated rings. The van der Waals surface area contributed by atoms with E-state index in [4.69, 9.17) is 9.47 Å². The minimum Gasteiger partial charge on any atom is -0.472 e. The molecule has 0 unspecified atom stereocenters. The molecule has 2 heterocycles. The van der Waals surface area contributed by atoms with Crippen LogP contribution in [-0.4, -0.2) is 12.1 Å². The van der Waals surface area contributed by atoms with Crippen molar-refractivity contribution in [1.29, 1.82) is 0 Å². The van der Waals surface area contributed by atoms with Crippen molar-refractivity contribution < 1.29 is 14.3 Å². The van der Waals surface area contributed by atoms with Crippen molar-refractivity contribution in [2.24, 2.45) is 5.92 Å². The van der Waals surface area contributed by atoms with E-state index in [2.05, 4.69) is 6.58 Å². The van der Waals surface area contributed by atoms with E-state index < -0.39 is 0 Å². The second-order valence-corrected chi connectivity index (χ2v) is 4.73. The SMILES string of the molecule is C=C(C)[C@@H]1CCC2=COC=CC3=C2[C@H]1OC3=O. The zero-order valence-electron chi connectivity index (χ0n) is 9.73. The van der Waals surface area contributed by atoms with E-state index in [1.807, 2.05) is 6.92 Å². The molecule has 2 atom stereocenters. The van der Waals surface area contributed by atoms with Crippen LogP contribution >= 0.6 is 0 Å². The van der Waals surface area contributed by atoms with Crippen LogP contribution < -0.4 is 0 Å². The Balaban J connectivity index is 2.11. The Morgan fingerprint density at radius 3 is 3.12 bits per heavy atom. The Hall–Kier alpha value is -1.77. The van der Waals surface area contributed by atoms with Crippen molar-refractivity contribution in [1.82, 2.24) is 0 Å². The van der Waals surface area contributed by atoms with Gasteiger partial charge in [0.2, 0.25) is 0 Å². The number of esters is 1. The maximum absolute atomic E-state index is 11.8. The molecular formula is C14H14O3. The van der Waals surface area contributed by atoms with E-state index in [1.165, 1.54) is 6.26 Å². The Labute approximate surface area is 100 Å². The standard InChI is InChI=1S/C14H14O3/c1-8(2)10-4-3-9-7-16-6-5-11-12(9)13(10)17-14(11)15/h5-7,10,13H,1,3-4H2,2H3/t10-,13-/m0/s1. The van der Waals surface area contributed by atoms with Crippen LogP contribution in [0.1, 0.15) is 19.8 Å². The molecule has 2 aliphatic heterocycles. The fraction of sp³-hybridized carbons (Fsp3) is 0.357. The van der Waals surface area contributed by atoms with Gasteiger partial charge in [0.15, 0.2) is 0 Å². The highest BCUT2D eigenvalue weighted by Gasteiger charge is 2.43. The minimum atomic E-state index is -0.245. The molecule has 3 rings (SSSR count). The highest BCUT2D eigenvalue weighted by molar-refractivity contribution is 5.96. The summed E-state index contributed by atoms with van der Waals surface area (Å²) in [6.07, 6.45) is 6.66. The fourth-order valence-electron chi connectivity index (χ4n) is 2.75. The summed E-state index contributed by atoms with van der Waals surface area (Å²) in [4.78, 5) is 11.8. The molecule has 0 radical (unpaired) electrons. The van der Waals surface area contributed by atoms with Crippen LogP contribution in [0.25, 0.3) is 0 Å². The lowest BCUT2D eigenvalue weighted by molar-refractivity contribution is -0.141. The van der Waals surface area contributed by atoms with Crippen molar-refractivity contribution in [2.75, 3.05) is 0 Å². The third kappa shape index (κ3) is 1.46. The second kappa shape index (κ2) is 3.62. The summed E-state index contributed by atoms with van der Waals surface area (Å²) in [5, 5.41) is 0. The minimum absolute atomic E-state index is 0.165. The van der Waals surface area contributed by atoms with E-state index >= 15 is 0 Å². The molecule has 0 N–H and O–H groups in total. The molecule has 3 nitrogen and oxygen atoms in total. The topological polar surface area (TPSA) is 35.5 Å². The van der Waals surface area contributed by atoms with Gasteiger partial charge in [-0.15, -0.1) is 0 Å². The van der Waals surface area contributed by atoms with E-state index in [0.29, 0.717) is 5.57 Å². The molecule has 1 aliphatic carbocycles. The molecule has 3 heteroatoms. The summed E-state index contributed by atoms with van der Waals surface area (Å²) >= 11 is 0. The number of hydrogen-bond acceptors (Lipinski definition) is 3. The molecule has 0 spiro atoms. The molecule has 0 amide bonds. The number of rotatable bonds is 1. The molecule has 0 aromatic rings. The maximum atomic E-state index is 11.8. The van der Waals surface area contributed by atoms with Crippen LogP contribution in [0.2, 0.25) is 0 Å². The Kier molecular flexibility index (Phi) is 2.21. The molecule has 1 saturated carbocycles. The lowest BCUT2D eigenvalue weighted by Crippen LogP contribution is -2.29. The Morgan fingerprint density at radius 2 is 2.35 bits per heavy atom. The molecule has 17 heavy (non-hydrogen) atoms. The average Bonchev–Trinajstić information content (AvgIpc) is 2.48. The fourth-order valence-corrected chi connectivity index (χ4v) is 2.75. The summed E-state index contributed by atoms with van der Waals surface area (Å²) in [7, 11) is 0. The normalized spacial score (nSPS) is 30.2. The van der Waals surface area contributed by atoms with Gasteiger partial charge in [-0.25, -0.2) is 4.79 Å². The predicted octanol–water partition coefficient (Wildman–Crippen LogP) is 2.62. The smallest absolute Gasteiger partial charge is 0.339 e. The molecule has 0 bridgehead atoms. The van der Waals surface area contributed by atoms with Crippen molar-refractivity contribution >= 4 is 5.97 Å². The van der Waals surface area contributed by atoms with Gasteiger partial charge in [0.05, 0.1) is 18.1 Å².